The molecule has 25 heavy (non-hydrogen) atoms. The highest BCUT2D eigenvalue weighted by Crippen LogP contribution is 2.27. The molecule has 1 saturated heterocycles. The maximum absolute atomic E-state index is 12.9. The lowest BCUT2D eigenvalue weighted by molar-refractivity contribution is 0.0636. The number of ether oxygens (including phenoxy) is 1. The van der Waals surface area contributed by atoms with Gasteiger partial charge in [0.15, 0.2) is 5.78 Å². The zero-order valence-corrected chi connectivity index (χ0v) is 14.8. The van der Waals surface area contributed by atoms with E-state index >= 15 is 0 Å². The third-order valence-corrected chi connectivity index (χ3v) is 4.79. The largest absolute Gasteiger partial charge is 0.496 e. The Bertz CT molecular complexity index is 773. The molecule has 0 aromatic heterocycles. The summed E-state index contributed by atoms with van der Waals surface area (Å²) >= 11 is 5.88. The summed E-state index contributed by atoms with van der Waals surface area (Å²) in [7, 11) is 1.56. The first-order chi connectivity index (χ1) is 12.1. The first-order valence-corrected chi connectivity index (χ1v) is 8.70. The van der Waals surface area contributed by atoms with Gasteiger partial charge in [-0.1, -0.05) is 23.7 Å². The van der Waals surface area contributed by atoms with E-state index in [0.717, 1.165) is 12.8 Å². The van der Waals surface area contributed by atoms with Crippen LogP contribution in [0.2, 0.25) is 5.02 Å². The molecule has 1 aliphatic heterocycles. The Morgan fingerprint density at radius 1 is 1.12 bits per heavy atom. The number of likely N-dealkylation sites (tertiary alicyclic amines) is 1. The number of methoxy groups -OCH3 is 1. The summed E-state index contributed by atoms with van der Waals surface area (Å²) in [5.41, 5.74) is 1.17. The van der Waals surface area contributed by atoms with Crippen molar-refractivity contribution in [2.24, 2.45) is 5.92 Å². The van der Waals surface area contributed by atoms with Crippen LogP contribution in [0.3, 0.4) is 0 Å². The molecule has 3 rings (SSSR count). The number of piperidine rings is 1. The monoisotopic (exact) mass is 357 g/mol. The Balaban J connectivity index is 1.75. The molecule has 130 valence electrons. The van der Waals surface area contributed by atoms with Crippen LogP contribution in [0.4, 0.5) is 0 Å². The number of nitrogens with zero attached hydrogens (tertiary/aromatic N) is 1. The summed E-state index contributed by atoms with van der Waals surface area (Å²) in [5, 5.41) is 0.597. The van der Waals surface area contributed by atoms with E-state index in [4.69, 9.17) is 16.3 Å². The van der Waals surface area contributed by atoms with Crippen molar-refractivity contribution in [2.45, 2.75) is 12.8 Å². The summed E-state index contributed by atoms with van der Waals surface area (Å²) in [4.78, 5) is 27.3. The van der Waals surface area contributed by atoms with Gasteiger partial charge < -0.3 is 9.64 Å². The number of carbonyl (C=O) groups excluding carboxylic acids is 2. The van der Waals surface area contributed by atoms with Crippen LogP contribution in [0, 0.1) is 5.92 Å². The number of ketones is 1. The first-order valence-electron chi connectivity index (χ1n) is 8.32. The van der Waals surface area contributed by atoms with E-state index in [1.54, 1.807) is 48.4 Å². The maximum atomic E-state index is 12.9. The molecule has 0 bridgehead atoms. The van der Waals surface area contributed by atoms with Crippen molar-refractivity contribution in [3.63, 3.8) is 0 Å². The van der Waals surface area contributed by atoms with Gasteiger partial charge in [0, 0.05) is 29.6 Å². The number of para-hydroxylation sites is 1. The van der Waals surface area contributed by atoms with Gasteiger partial charge in [-0.05, 0) is 49.2 Å². The third kappa shape index (κ3) is 3.85. The number of Topliss-reactive ketones (excluding diaryl/α,β-unsaturated/α-hetero) is 1. The second-order valence-electron chi connectivity index (χ2n) is 6.16. The summed E-state index contributed by atoms with van der Waals surface area (Å²) < 4.78 is 5.30. The molecule has 4 nitrogen and oxygen atoms in total. The Morgan fingerprint density at radius 2 is 1.84 bits per heavy atom. The standard InChI is InChI=1S/C20H20ClNO3/c1-25-18-7-3-2-6-17(18)19(23)15-5-4-12-22(13-15)20(24)14-8-10-16(21)11-9-14/h2-3,6-11,15H,4-5,12-13H2,1H3/t15-/m0/s1. The first kappa shape index (κ1) is 17.5. The van der Waals surface area contributed by atoms with Crippen LogP contribution < -0.4 is 4.74 Å². The van der Waals surface area contributed by atoms with Crippen LogP contribution in [-0.2, 0) is 0 Å². The van der Waals surface area contributed by atoms with Crippen molar-refractivity contribution in [1.82, 2.24) is 4.90 Å². The van der Waals surface area contributed by atoms with E-state index in [2.05, 4.69) is 0 Å². The molecular formula is C20H20ClNO3. The Morgan fingerprint density at radius 3 is 2.56 bits per heavy atom. The van der Waals surface area contributed by atoms with Crippen molar-refractivity contribution < 1.29 is 14.3 Å². The zero-order chi connectivity index (χ0) is 17.8. The van der Waals surface area contributed by atoms with Gasteiger partial charge >= 0.3 is 0 Å². The third-order valence-electron chi connectivity index (χ3n) is 4.54. The predicted octanol–water partition coefficient (Wildman–Crippen LogP) is 4.08. The number of benzene rings is 2. The molecule has 1 aliphatic rings. The van der Waals surface area contributed by atoms with Crippen molar-refractivity contribution >= 4 is 23.3 Å². The summed E-state index contributed by atoms with van der Waals surface area (Å²) in [5.74, 6) is 0.343. The second kappa shape index (κ2) is 7.70. The molecule has 0 radical (unpaired) electrons. The normalized spacial score (nSPS) is 17.2. The molecule has 1 heterocycles. The van der Waals surface area contributed by atoms with E-state index in [9.17, 15) is 9.59 Å². The van der Waals surface area contributed by atoms with Crippen LogP contribution >= 0.6 is 11.6 Å². The second-order valence-corrected chi connectivity index (χ2v) is 6.60. The lowest BCUT2D eigenvalue weighted by Gasteiger charge is -2.32. The zero-order valence-electron chi connectivity index (χ0n) is 14.1. The van der Waals surface area contributed by atoms with Crippen molar-refractivity contribution in [2.75, 3.05) is 20.2 Å². The molecule has 1 amide bonds. The van der Waals surface area contributed by atoms with Crippen LogP contribution in [0.15, 0.2) is 48.5 Å². The molecule has 0 spiro atoms. The summed E-state index contributed by atoms with van der Waals surface area (Å²) in [6, 6.07) is 14.1. The summed E-state index contributed by atoms with van der Waals surface area (Å²) in [6.07, 6.45) is 1.59. The molecule has 2 aromatic carbocycles. The predicted molar refractivity (Wildman–Crippen MR) is 97.4 cm³/mol. The molecule has 1 fully saturated rings. The molecule has 2 aromatic rings. The van der Waals surface area contributed by atoms with E-state index in [1.165, 1.54) is 0 Å². The van der Waals surface area contributed by atoms with E-state index in [0.29, 0.717) is 35.0 Å². The average Bonchev–Trinajstić information content (AvgIpc) is 2.67. The number of hydrogen-bond donors (Lipinski definition) is 0. The van der Waals surface area contributed by atoms with E-state index in [1.807, 2.05) is 12.1 Å². The highest BCUT2D eigenvalue weighted by atomic mass is 35.5. The molecular weight excluding hydrogens is 338 g/mol. The average molecular weight is 358 g/mol. The lowest BCUT2D eigenvalue weighted by atomic mass is 9.89. The van der Waals surface area contributed by atoms with Gasteiger partial charge in [-0.3, -0.25) is 9.59 Å². The molecule has 1 atom stereocenters. The highest BCUT2D eigenvalue weighted by Gasteiger charge is 2.30. The van der Waals surface area contributed by atoms with Crippen molar-refractivity contribution in [3.05, 3.63) is 64.7 Å². The van der Waals surface area contributed by atoms with Crippen molar-refractivity contribution in [3.8, 4) is 5.75 Å². The quantitative estimate of drug-likeness (QED) is 0.774. The van der Waals surface area contributed by atoms with E-state index < -0.39 is 0 Å². The van der Waals surface area contributed by atoms with Gasteiger partial charge in [0.05, 0.1) is 12.7 Å². The molecule has 5 heteroatoms. The van der Waals surface area contributed by atoms with Gasteiger partial charge in [0.2, 0.25) is 0 Å². The van der Waals surface area contributed by atoms with Crippen LogP contribution in [-0.4, -0.2) is 36.8 Å². The molecule has 0 unspecified atom stereocenters. The van der Waals surface area contributed by atoms with Crippen LogP contribution in [0.1, 0.15) is 33.6 Å². The number of halogens is 1. The van der Waals surface area contributed by atoms with Gasteiger partial charge in [-0.15, -0.1) is 0 Å². The minimum Gasteiger partial charge on any atom is -0.496 e. The maximum Gasteiger partial charge on any atom is 0.253 e. The van der Waals surface area contributed by atoms with Gasteiger partial charge in [0.1, 0.15) is 5.75 Å². The number of amides is 1. The SMILES string of the molecule is COc1ccccc1C(=O)[C@H]1CCCN(C(=O)c2ccc(Cl)cc2)C1. The molecule has 0 aliphatic carbocycles. The minimum absolute atomic E-state index is 0.0334. The van der Waals surface area contributed by atoms with Crippen LogP contribution in [0.25, 0.3) is 0 Å². The molecule has 0 saturated carbocycles. The number of hydrogen-bond acceptors (Lipinski definition) is 3. The minimum atomic E-state index is -0.207. The topological polar surface area (TPSA) is 46.6 Å². The number of rotatable bonds is 4. The summed E-state index contributed by atoms with van der Waals surface area (Å²) in [6.45, 7) is 1.09. The Hall–Kier alpha value is -2.33. The fourth-order valence-electron chi connectivity index (χ4n) is 3.22. The van der Waals surface area contributed by atoms with Crippen LogP contribution in [0.5, 0.6) is 5.75 Å². The fraction of sp³-hybridized carbons (Fsp3) is 0.300. The Kier molecular flexibility index (Phi) is 5.39. The number of carbonyl (C=O) groups is 2. The van der Waals surface area contributed by atoms with E-state index in [-0.39, 0.29) is 17.6 Å². The van der Waals surface area contributed by atoms with Crippen molar-refractivity contribution in [1.29, 1.82) is 0 Å². The fourth-order valence-corrected chi connectivity index (χ4v) is 3.34. The molecule has 0 N–H and O–H groups in total. The highest BCUT2D eigenvalue weighted by molar-refractivity contribution is 6.30. The van der Waals surface area contributed by atoms with Gasteiger partial charge in [-0.2, -0.15) is 0 Å². The smallest absolute Gasteiger partial charge is 0.253 e. The van der Waals surface area contributed by atoms with Gasteiger partial charge in [0.25, 0.3) is 5.91 Å². The Labute approximate surface area is 152 Å². The van der Waals surface area contributed by atoms with Gasteiger partial charge in [-0.25, -0.2) is 0 Å². The lowest BCUT2D eigenvalue weighted by Crippen LogP contribution is -2.42.